The molecule has 0 saturated heterocycles. The largest absolute Gasteiger partial charge is 0.479 e. The van der Waals surface area contributed by atoms with E-state index in [-0.39, 0.29) is 23.5 Å². The van der Waals surface area contributed by atoms with Crippen molar-refractivity contribution in [2.45, 2.75) is 44.4 Å². The van der Waals surface area contributed by atoms with Crippen LogP contribution in [0.5, 0.6) is 0 Å². The highest BCUT2D eigenvalue weighted by Gasteiger charge is 2.59. The summed E-state index contributed by atoms with van der Waals surface area (Å²) in [6.07, 6.45) is -0.181. The van der Waals surface area contributed by atoms with Crippen molar-refractivity contribution in [1.82, 2.24) is 4.90 Å². The number of ketones is 1. The minimum Gasteiger partial charge on any atom is -0.479 e. The predicted octanol–water partition coefficient (Wildman–Crippen LogP) is -1.44. The monoisotopic (exact) mass is 363 g/mol. The Kier molecular flexibility index (Phi) is 9.12. The van der Waals surface area contributed by atoms with Gasteiger partial charge in [-0.3, -0.25) is 19.3 Å². The maximum absolute atomic E-state index is 12.6. The molecule has 0 aromatic heterocycles. The molecule has 10 heteroatoms. The molecule has 3 atom stereocenters. The maximum Gasteiger partial charge on any atom is 0.340 e. The molecule has 0 bridgehead atoms. The van der Waals surface area contributed by atoms with Crippen molar-refractivity contribution >= 4 is 35.3 Å². The highest BCUT2D eigenvalue weighted by Crippen LogP contribution is 2.28. The Hall–Kier alpha value is -1.49. The van der Waals surface area contributed by atoms with Gasteiger partial charge in [-0.2, -0.15) is 11.8 Å². The Balaban J connectivity index is 6.56. The summed E-state index contributed by atoms with van der Waals surface area (Å²) in [5, 5.41) is 20.2. The molecule has 0 fully saturated rings. The number of amides is 2. The Morgan fingerprint density at radius 2 is 1.83 bits per heavy atom. The van der Waals surface area contributed by atoms with Crippen molar-refractivity contribution in [3.05, 3.63) is 0 Å². The number of rotatable bonds is 10. The number of carboxylic acids is 1. The zero-order chi connectivity index (χ0) is 19.1. The molecule has 138 valence electrons. The number of aliphatic hydroxyl groups excluding tert-OH is 1. The normalized spacial score (nSPS) is 15.9. The first-order chi connectivity index (χ1) is 11.1. The molecule has 0 aliphatic rings. The maximum atomic E-state index is 12.6. The van der Waals surface area contributed by atoms with E-state index >= 15 is 0 Å². The third-order valence-electron chi connectivity index (χ3n) is 3.42. The molecule has 6 N–H and O–H groups in total. The van der Waals surface area contributed by atoms with Crippen LogP contribution in [-0.2, 0) is 19.2 Å². The lowest BCUT2D eigenvalue weighted by atomic mass is 9.83. The van der Waals surface area contributed by atoms with E-state index in [2.05, 4.69) is 0 Å². The molecular weight excluding hydrogens is 338 g/mol. The van der Waals surface area contributed by atoms with Gasteiger partial charge >= 0.3 is 5.97 Å². The van der Waals surface area contributed by atoms with Gasteiger partial charge in [0, 0.05) is 12.2 Å². The minimum absolute atomic E-state index is 0.178. The van der Waals surface area contributed by atoms with Gasteiger partial charge in [0.2, 0.25) is 17.4 Å². The zero-order valence-electron chi connectivity index (χ0n) is 14.0. The lowest BCUT2D eigenvalue weighted by Crippen LogP contribution is -2.72. The van der Waals surface area contributed by atoms with Crippen molar-refractivity contribution < 1.29 is 29.4 Å². The van der Waals surface area contributed by atoms with Gasteiger partial charge in [-0.15, -0.1) is 0 Å². The fraction of sp³-hybridized carbons (Fsp3) is 0.714. The fourth-order valence-corrected chi connectivity index (χ4v) is 2.86. The molecular formula is C14H25N3O6S. The molecule has 2 amide bonds. The van der Waals surface area contributed by atoms with Crippen molar-refractivity contribution in [1.29, 1.82) is 0 Å². The van der Waals surface area contributed by atoms with E-state index in [9.17, 15) is 29.4 Å². The highest BCUT2D eigenvalue weighted by atomic mass is 32.2. The first-order valence-corrected chi connectivity index (χ1v) is 8.78. The van der Waals surface area contributed by atoms with E-state index in [1.807, 2.05) is 0 Å². The number of imide groups is 1. The minimum atomic E-state index is -2.75. The number of carboxylic acid groups (broad SMARTS) is 1. The first kappa shape index (κ1) is 22.5. The molecule has 0 aliphatic carbocycles. The molecule has 24 heavy (non-hydrogen) atoms. The number of Topliss-reactive ketones (excluding diaryl/α,β-unsaturated/α-hetero) is 1. The van der Waals surface area contributed by atoms with Gasteiger partial charge in [-0.05, 0) is 19.6 Å². The summed E-state index contributed by atoms with van der Waals surface area (Å²) < 4.78 is 0. The molecule has 0 rings (SSSR count). The molecule has 0 heterocycles. The summed E-state index contributed by atoms with van der Waals surface area (Å²) in [7, 11) is 0. The van der Waals surface area contributed by atoms with E-state index in [0.717, 1.165) is 11.8 Å². The second-order valence-corrected chi connectivity index (χ2v) is 6.19. The molecule has 0 radical (unpaired) electrons. The number of nitrogens with two attached hydrogens (primary N) is 2. The van der Waals surface area contributed by atoms with E-state index in [4.69, 9.17) is 11.5 Å². The van der Waals surface area contributed by atoms with Crippen molar-refractivity contribution in [2.24, 2.45) is 11.5 Å². The topological polar surface area (TPSA) is 164 Å². The Bertz CT molecular complexity index is 499. The van der Waals surface area contributed by atoms with Crippen LogP contribution in [0.3, 0.4) is 0 Å². The third kappa shape index (κ3) is 4.32. The van der Waals surface area contributed by atoms with Crippen LogP contribution in [0.15, 0.2) is 0 Å². The second-order valence-electron chi connectivity index (χ2n) is 5.28. The third-order valence-corrected chi connectivity index (χ3v) is 4.07. The van der Waals surface area contributed by atoms with Crippen LogP contribution < -0.4 is 11.5 Å². The van der Waals surface area contributed by atoms with Crippen molar-refractivity contribution in [2.75, 3.05) is 18.6 Å². The molecule has 0 aliphatic heterocycles. The Morgan fingerprint density at radius 3 is 2.17 bits per heavy atom. The number of carbonyl (C=O) groups excluding carboxylic acids is 3. The van der Waals surface area contributed by atoms with Gasteiger partial charge in [-0.1, -0.05) is 6.92 Å². The standard InChI is InChI=1S/C14H25N3O6S/c1-4-5-9(18)14(13(22)23,10(19)7-24-3)17(11(20)6-15)12(21)8(2)16/h8,10,19H,4-7,15-16H2,1-3H3,(H,22,23). The SMILES string of the molecule is CCCC(=O)C(C(=O)O)(C(O)CSC)N(C(=O)CN)C(=O)C(C)N. The molecule has 0 saturated carbocycles. The van der Waals surface area contributed by atoms with E-state index in [0.29, 0.717) is 0 Å². The summed E-state index contributed by atoms with van der Waals surface area (Å²) in [5.41, 5.74) is 8.03. The van der Waals surface area contributed by atoms with E-state index in [1.165, 1.54) is 6.92 Å². The van der Waals surface area contributed by atoms with Crippen LogP contribution in [0.25, 0.3) is 0 Å². The van der Waals surface area contributed by atoms with E-state index in [1.54, 1.807) is 13.2 Å². The highest BCUT2D eigenvalue weighted by molar-refractivity contribution is 7.98. The molecule has 0 aromatic rings. The summed E-state index contributed by atoms with van der Waals surface area (Å²) in [4.78, 5) is 49.5. The van der Waals surface area contributed by atoms with Crippen LogP contribution in [0.2, 0.25) is 0 Å². The number of nitrogens with zero attached hydrogens (tertiary/aromatic N) is 1. The fourth-order valence-electron chi connectivity index (χ4n) is 2.30. The molecule has 3 unspecified atom stereocenters. The number of hydrogen-bond donors (Lipinski definition) is 4. The van der Waals surface area contributed by atoms with Crippen molar-refractivity contribution in [3.8, 4) is 0 Å². The van der Waals surface area contributed by atoms with Crippen LogP contribution in [0, 0.1) is 0 Å². The molecule has 9 nitrogen and oxygen atoms in total. The van der Waals surface area contributed by atoms with Gasteiger partial charge in [0.05, 0.1) is 12.6 Å². The smallest absolute Gasteiger partial charge is 0.340 e. The average Bonchev–Trinajstić information content (AvgIpc) is 2.50. The summed E-state index contributed by atoms with van der Waals surface area (Å²) in [5.74, 6) is -5.10. The van der Waals surface area contributed by atoms with Crippen LogP contribution in [0.1, 0.15) is 26.7 Å². The van der Waals surface area contributed by atoms with Crippen LogP contribution in [-0.4, -0.2) is 74.9 Å². The average molecular weight is 363 g/mol. The molecule has 0 aromatic carbocycles. The Labute approximate surface area is 144 Å². The van der Waals surface area contributed by atoms with Crippen LogP contribution in [0.4, 0.5) is 0 Å². The quantitative estimate of drug-likeness (QED) is 0.340. The van der Waals surface area contributed by atoms with Gasteiger partial charge in [0.1, 0.15) is 6.10 Å². The number of thioether (sulfide) groups is 1. The first-order valence-electron chi connectivity index (χ1n) is 7.38. The lowest BCUT2D eigenvalue weighted by Gasteiger charge is -2.41. The van der Waals surface area contributed by atoms with E-state index < -0.39 is 47.8 Å². The van der Waals surface area contributed by atoms with Gasteiger partial charge in [0.25, 0.3) is 0 Å². The molecule has 0 spiro atoms. The summed E-state index contributed by atoms with van der Waals surface area (Å²) in [6, 6.07) is -1.25. The summed E-state index contributed by atoms with van der Waals surface area (Å²) in [6.45, 7) is 2.17. The van der Waals surface area contributed by atoms with Gasteiger partial charge in [-0.25, -0.2) is 4.79 Å². The van der Waals surface area contributed by atoms with Gasteiger partial charge in [0.15, 0.2) is 5.78 Å². The zero-order valence-corrected chi connectivity index (χ0v) is 14.8. The lowest BCUT2D eigenvalue weighted by molar-refractivity contribution is -0.178. The Morgan fingerprint density at radius 1 is 1.29 bits per heavy atom. The van der Waals surface area contributed by atoms with Gasteiger partial charge < -0.3 is 21.7 Å². The summed E-state index contributed by atoms with van der Waals surface area (Å²) >= 11 is 1.07. The van der Waals surface area contributed by atoms with Crippen molar-refractivity contribution in [3.63, 3.8) is 0 Å². The number of hydrogen-bond acceptors (Lipinski definition) is 8. The number of carbonyl (C=O) groups is 4. The number of aliphatic carboxylic acids is 1. The predicted molar refractivity (Wildman–Crippen MR) is 89.2 cm³/mol. The van der Waals surface area contributed by atoms with Crippen LogP contribution >= 0.6 is 11.8 Å². The second kappa shape index (κ2) is 9.72. The number of aliphatic hydroxyl groups is 1.